The first-order valence-corrected chi connectivity index (χ1v) is 10.1. The van der Waals surface area contributed by atoms with Crippen LogP contribution < -0.4 is 5.32 Å². The number of benzene rings is 2. The molecule has 1 amide bonds. The van der Waals surface area contributed by atoms with E-state index in [0.29, 0.717) is 11.6 Å². The van der Waals surface area contributed by atoms with Crippen molar-refractivity contribution in [1.82, 2.24) is 5.32 Å². The molecule has 0 aromatic heterocycles. The topological polar surface area (TPSA) is 29.1 Å². The van der Waals surface area contributed by atoms with Gasteiger partial charge in [0.1, 0.15) is 0 Å². The molecule has 0 aliphatic carbocycles. The van der Waals surface area contributed by atoms with E-state index >= 15 is 0 Å². The van der Waals surface area contributed by atoms with Gasteiger partial charge in [0.2, 0.25) is 5.91 Å². The molecule has 27 heavy (non-hydrogen) atoms. The summed E-state index contributed by atoms with van der Waals surface area (Å²) in [5, 5.41) is 3.59. The lowest BCUT2D eigenvalue weighted by Gasteiger charge is -2.11. The first kappa shape index (κ1) is 21.2. The molecule has 0 unspecified atom stereocenters. The number of aryl methyl sites for hydroxylation is 2. The molecule has 0 bridgehead atoms. The molecule has 1 N–H and O–H groups in total. The number of rotatable bonds is 10. The smallest absolute Gasteiger partial charge is 0.244 e. The lowest BCUT2D eigenvalue weighted by atomic mass is 9.96. The molecule has 0 aliphatic heterocycles. The second kappa shape index (κ2) is 11.6. The second-order valence-corrected chi connectivity index (χ2v) is 7.16. The molecule has 0 saturated heterocycles. The van der Waals surface area contributed by atoms with E-state index in [1.54, 1.807) is 12.2 Å². The van der Waals surface area contributed by atoms with Crippen LogP contribution in [0.4, 0.5) is 0 Å². The number of amides is 1. The van der Waals surface area contributed by atoms with Gasteiger partial charge in [-0.1, -0.05) is 68.6 Å². The highest BCUT2D eigenvalue weighted by Crippen LogP contribution is 2.17. The number of hydrogen-bond donors (Lipinski definition) is 1. The van der Waals surface area contributed by atoms with Crippen LogP contribution in [-0.2, 0) is 24.1 Å². The van der Waals surface area contributed by atoms with E-state index < -0.39 is 0 Å². The first-order valence-electron chi connectivity index (χ1n) is 9.76. The summed E-state index contributed by atoms with van der Waals surface area (Å²) < 4.78 is 0. The van der Waals surface area contributed by atoms with Crippen molar-refractivity contribution in [1.29, 1.82) is 0 Å². The zero-order valence-corrected chi connectivity index (χ0v) is 17.1. The van der Waals surface area contributed by atoms with Gasteiger partial charge in [-0.3, -0.25) is 4.79 Å². The summed E-state index contributed by atoms with van der Waals surface area (Å²) in [5.41, 5.74) is 5.21. The zero-order valence-electron chi connectivity index (χ0n) is 16.3. The predicted molar refractivity (Wildman–Crippen MR) is 116 cm³/mol. The van der Waals surface area contributed by atoms with E-state index in [1.807, 2.05) is 24.3 Å². The van der Waals surface area contributed by atoms with Gasteiger partial charge in [0.25, 0.3) is 0 Å². The molecule has 0 saturated carbocycles. The molecular weight excluding hydrogens is 354 g/mol. The standard InChI is InChI=1S/C24H29ClNO/c1-3-6-21-13-9-20(18-22(21)7-4-2)8-5-17-26-24(27)16-12-19-10-14-23(25)15-11-19/h5,9-16,18H,3-4,6-8,17H2,1-2H3,(H,26,27)/b16-12+. The number of hydrogen-bond acceptors (Lipinski definition) is 1. The molecule has 2 aromatic carbocycles. The summed E-state index contributed by atoms with van der Waals surface area (Å²) in [4.78, 5) is 11.9. The second-order valence-electron chi connectivity index (χ2n) is 6.73. The zero-order chi connectivity index (χ0) is 19.5. The molecule has 0 atom stereocenters. The van der Waals surface area contributed by atoms with Crippen LogP contribution in [0.5, 0.6) is 0 Å². The minimum Gasteiger partial charge on any atom is -0.352 e. The van der Waals surface area contributed by atoms with Gasteiger partial charge >= 0.3 is 0 Å². The van der Waals surface area contributed by atoms with Crippen LogP contribution in [0, 0.1) is 6.42 Å². The van der Waals surface area contributed by atoms with Gasteiger partial charge in [0, 0.05) is 17.6 Å². The average Bonchev–Trinajstić information content (AvgIpc) is 2.67. The van der Waals surface area contributed by atoms with Crippen LogP contribution in [-0.4, -0.2) is 12.5 Å². The number of nitrogens with one attached hydrogen (secondary N) is 1. The SMILES string of the molecule is CCCc1ccc(C[CH]CNC(=O)/C=C/c2ccc(Cl)cc2)cc1CCC. The molecule has 0 spiro atoms. The summed E-state index contributed by atoms with van der Waals surface area (Å²) in [6, 6.07) is 14.2. The van der Waals surface area contributed by atoms with Crippen LogP contribution in [0.2, 0.25) is 5.02 Å². The van der Waals surface area contributed by atoms with E-state index in [0.717, 1.165) is 24.8 Å². The maximum Gasteiger partial charge on any atom is 0.244 e. The Bertz CT molecular complexity index is 749. The maximum absolute atomic E-state index is 11.9. The van der Waals surface area contributed by atoms with Crippen LogP contribution in [0.1, 0.15) is 48.9 Å². The lowest BCUT2D eigenvalue weighted by molar-refractivity contribution is -0.116. The number of halogens is 1. The van der Waals surface area contributed by atoms with E-state index in [1.165, 1.54) is 29.5 Å². The molecular formula is C24H29ClNO. The van der Waals surface area contributed by atoms with Crippen LogP contribution >= 0.6 is 11.6 Å². The molecule has 2 aromatic rings. The summed E-state index contributed by atoms with van der Waals surface area (Å²) >= 11 is 5.85. The first-order chi connectivity index (χ1) is 13.1. The molecule has 0 heterocycles. The van der Waals surface area contributed by atoms with Gasteiger partial charge in [-0.15, -0.1) is 0 Å². The molecule has 3 heteroatoms. The Balaban J connectivity index is 1.77. The van der Waals surface area contributed by atoms with Crippen molar-refractivity contribution in [2.45, 2.75) is 46.0 Å². The van der Waals surface area contributed by atoms with Gasteiger partial charge in [-0.05, 0) is 66.1 Å². The van der Waals surface area contributed by atoms with E-state index in [-0.39, 0.29) is 5.91 Å². The summed E-state index contributed by atoms with van der Waals surface area (Å²) in [6.45, 7) is 5.01. The highest BCUT2D eigenvalue weighted by molar-refractivity contribution is 6.30. The van der Waals surface area contributed by atoms with E-state index in [2.05, 4.69) is 43.8 Å². The Morgan fingerprint density at radius 1 is 1.00 bits per heavy atom. The van der Waals surface area contributed by atoms with Crippen molar-refractivity contribution in [2.75, 3.05) is 6.54 Å². The number of carbonyl (C=O) groups excluding carboxylic acids is 1. The molecule has 2 rings (SSSR count). The van der Waals surface area contributed by atoms with Gasteiger partial charge in [-0.25, -0.2) is 0 Å². The Morgan fingerprint density at radius 2 is 1.70 bits per heavy atom. The van der Waals surface area contributed by atoms with Crippen molar-refractivity contribution >= 4 is 23.6 Å². The van der Waals surface area contributed by atoms with Crippen LogP contribution in [0.3, 0.4) is 0 Å². The predicted octanol–water partition coefficient (Wildman–Crippen LogP) is 5.82. The largest absolute Gasteiger partial charge is 0.352 e. The normalized spacial score (nSPS) is 11.1. The highest BCUT2D eigenvalue weighted by Gasteiger charge is 2.04. The fraction of sp³-hybridized carbons (Fsp3) is 0.333. The summed E-state index contributed by atoms with van der Waals surface area (Å²) in [7, 11) is 0. The van der Waals surface area contributed by atoms with Crippen molar-refractivity contribution in [3.63, 3.8) is 0 Å². The fourth-order valence-electron chi connectivity index (χ4n) is 3.04. The molecule has 0 fully saturated rings. The lowest BCUT2D eigenvalue weighted by Crippen LogP contribution is -2.22. The van der Waals surface area contributed by atoms with Crippen molar-refractivity contribution < 1.29 is 4.79 Å². The van der Waals surface area contributed by atoms with Crippen molar-refractivity contribution in [3.8, 4) is 0 Å². The Hall–Kier alpha value is -2.06. The summed E-state index contributed by atoms with van der Waals surface area (Å²) in [6.07, 6.45) is 10.9. The summed E-state index contributed by atoms with van der Waals surface area (Å²) in [5.74, 6) is -0.0915. The molecule has 143 valence electrons. The van der Waals surface area contributed by atoms with Gasteiger partial charge in [0.15, 0.2) is 0 Å². The Morgan fingerprint density at radius 3 is 2.41 bits per heavy atom. The monoisotopic (exact) mass is 382 g/mol. The maximum atomic E-state index is 11.9. The average molecular weight is 383 g/mol. The minimum atomic E-state index is -0.0915. The fourth-order valence-corrected chi connectivity index (χ4v) is 3.16. The van der Waals surface area contributed by atoms with E-state index in [4.69, 9.17) is 11.6 Å². The van der Waals surface area contributed by atoms with Gasteiger partial charge in [-0.2, -0.15) is 0 Å². The van der Waals surface area contributed by atoms with Gasteiger partial charge in [0.05, 0.1) is 0 Å². The Kier molecular flexibility index (Phi) is 9.13. The Labute approximate surface area is 168 Å². The van der Waals surface area contributed by atoms with Crippen molar-refractivity contribution in [3.05, 3.63) is 82.2 Å². The molecule has 0 aliphatic rings. The van der Waals surface area contributed by atoms with E-state index in [9.17, 15) is 4.79 Å². The van der Waals surface area contributed by atoms with Crippen LogP contribution in [0.25, 0.3) is 6.08 Å². The quantitative estimate of drug-likeness (QED) is 0.407. The number of carbonyl (C=O) groups is 1. The third kappa shape index (κ3) is 7.60. The minimum absolute atomic E-state index is 0.0915. The van der Waals surface area contributed by atoms with Crippen LogP contribution in [0.15, 0.2) is 48.5 Å². The van der Waals surface area contributed by atoms with Crippen molar-refractivity contribution in [2.24, 2.45) is 0 Å². The highest BCUT2D eigenvalue weighted by atomic mass is 35.5. The molecule has 1 radical (unpaired) electrons. The third-order valence-corrected chi connectivity index (χ3v) is 4.66. The van der Waals surface area contributed by atoms with Gasteiger partial charge < -0.3 is 5.32 Å². The molecule has 2 nitrogen and oxygen atoms in total. The third-order valence-electron chi connectivity index (χ3n) is 4.41.